The molecule has 1 aliphatic rings. The number of ether oxygens (including phenoxy) is 1. The fraction of sp³-hybridized carbons (Fsp3) is 0.647. The van der Waals surface area contributed by atoms with E-state index in [-0.39, 0.29) is 5.54 Å². The molecule has 118 valence electrons. The van der Waals surface area contributed by atoms with E-state index in [0.29, 0.717) is 12.0 Å². The average Bonchev–Trinajstić information content (AvgIpc) is 2.40. The molecule has 1 atom stereocenters. The third-order valence-corrected chi connectivity index (χ3v) is 5.03. The predicted molar refractivity (Wildman–Crippen MR) is 91.8 cm³/mol. The lowest BCUT2D eigenvalue weighted by Gasteiger charge is -2.46. The van der Waals surface area contributed by atoms with Gasteiger partial charge in [0.25, 0.3) is 0 Å². The van der Waals surface area contributed by atoms with Gasteiger partial charge in [-0.2, -0.15) is 0 Å². The minimum absolute atomic E-state index is 0.163. The minimum atomic E-state index is 0.163. The average molecular weight is 355 g/mol. The third-order valence-electron chi connectivity index (χ3n) is 4.25. The van der Waals surface area contributed by atoms with Crippen molar-refractivity contribution in [3.05, 3.63) is 28.2 Å². The highest BCUT2D eigenvalue weighted by Crippen LogP contribution is 2.27. The van der Waals surface area contributed by atoms with Gasteiger partial charge in [-0.3, -0.25) is 4.90 Å². The zero-order valence-corrected chi connectivity index (χ0v) is 15.3. The van der Waals surface area contributed by atoms with Crippen LogP contribution in [-0.4, -0.2) is 36.7 Å². The standard InChI is InChI=1S/C17H27BrN2O/c1-12(2)16-9-19-17(3,4)11-20(16)10-13-8-14(21-5)6-7-15(13)18/h6-8,12,16,19H,9-11H2,1-5H3. The molecule has 1 unspecified atom stereocenters. The summed E-state index contributed by atoms with van der Waals surface area (Å²) < 4.78 is 6.52. The summed E-state index contributed by atoms with van der Waals surface area (Å²) in [7, 11) is 1.72. The van der Waals surface area contributed by atoms with Gasteiger partial charge in [-0.05, 0) is 43.5 Å². The van der Waals surface area contributed by atoms with Crippen molar-refractivity contribution in [2.24, 2.45) is 5.92 Å². The zero-order valence-electron chi connectivity index (χ0n) is 13.7. The van der Waals surface area contributed by atoms with Crippen LogP contribution in [0.2, 0.25) is 0 Å². The summed E-state index contributed by atoms with van der Waals surface area (Å²) in [5.41, 5.74) is 1.45. The smallest absolute Gasteiger partial charge is 0.119 e. The van der Waals surface area contributed by atoms with Crippen molar-refractivity contribution >= 4 is 15.9 Å². The second-order valence-electron chi connectivity index (χ2n) is 6.94. The summed E-state index contributed by atoms with van der Waals surface area (Å²) in [4.78, 5) is 2.60. The summed E-state index contributed by atoms with van der Waals surface area (Å²) in [5.74, 6) is 1.56. The molecule has 3 nitrogen and oxygen atoms in total. The van der Waals surface area contributed by atoms with E-state index in [1.165, 1.54) is 5.56 Å². The molecule has 0 aromatic heterocycles. The van der Waals surface area contributed by atoms with Gasteiger partial charge in [0.15, 0.2) is 0 Å². The zero-order chi connectivity index (χ0) is 15.6. The monoisotopic (exact) mass is 354 g/mol. The maximum atomic E-state index is 5.36. The first-order valence-electron chi connectivity index (χ1n) is 7.64. The van der Waals surface area contributed by atoms with Gasteiger partial charge < -0.3 is 10.1 Å². The lowest BCUT2D eigenvalue weighted by Crippen LogP contribution is -2.62. The molecule has 1 heterocycles. The van der Waals surface area contributed by atoms with E-state index in [1.807, 2.05) is 6.07 Å². The van der Waals surface area contributed by atoms with E-state index < -0.39 is 0 Å². The van der Waals surface area contributed by atoms with Gasteiger partial charge in [0.1, 0.15) is 5.75 Å². The van der Waals surface area contributed by atoms with E-state index in [1.54, 1.807) is 7.11 Å². The molecule has 2 rings (SSSR count). The number of nitrogens with zero attached hydrogens (tertiary/aromatic N) is 1. The molecule has 21 heavy (non-hydrogen) atoms. The Morgan fingerprint density at radius 3 is 2.76 bits per heavy atom. The van der Waals surface area contributed by atoms with Gasteiger partial charge in [-0.25, -0.2) is 0 Å². The van der Waals surface area contributed by atoms with Crippen molar-refractivity contribution in [2.75, 3.05) is 20.2 Å². The van der Waals surface area contributed by atoms with Crippen LogP contribution in [0.5, 0.6) is 5.75 Å². The van der Waals surface area contributed by atoms with Crippen molar-refractivity contribution in [3.8, 4) is 5.75 Å². The van der Waals surface area contributed by atoms with E-state index in [0.717, 1.165) is 29.9 Å². The highest BCUT2D eigenvalue weighted by molar-refractivity contribution is 9.10. The Hall–Kier alpha value is -0.580. The van der Waals surface area contributed by atoms with Crippen molar-refractivity contribution in [1.82, 2.24) is 10.2 Å². The number of nitrogens with one attached hydrogen (secondary N) is 1. The molecule has 0 bridgehead atoms. The molecule has 0 spiro atoms. The lowest BCUT2D eigenvalue weighted by molar-refractivity contribution is 0.0625. The SMILES string of the molecule is COc1ccc(Br)c(CN2CC(C)(C)NCC2C(C)C)c1. The molecule has 1 aromatic carbocycles. The van der Waals surface area contributed by atoms with Crippen LogP contribution >= 0.6 is 15.9 Å². The summed E-state index contributed by atoms with van der Waals surface area (Å²) in [6, 6.07) is 6.77. The van der Waals surface area contributed by atoms with Crippen LogP contribution in [0.25, 0.3) is 0 Å². The first-order chi connectivity index (χ1) is 9.82. The molecular weight excluding hydrogens is 328 g/mol. The molecule has 0 radical (unpaired) electrons. The Morgan fingerprint density at radius 2 is 2.14 bits per heavy atom. The van der Waals surface area contributed by atoms with Gasteiger partial charge in [0.2, 0.25) is 0 Å². The highest BCUT2D eigenvalue weighted by Gasteiger charge is 2.34. The van der Waals surface area contributed by atoms with Gasteiger partial charge in [-0.1, -0.05) is 29.8 Å². The quantitative estimate of drug-likeness (QED) is 0.892. The fourth-order valence-electron chi connectivity index (χ4n) is 3.04. The molecule has 0 amide bonds. The molecule has 1 fully saturated rings. The fourth-order valence-corrected chi connectivity index (χ4v) is 3.41. The number of hydrogen-bond acceptors (Lipinski definition) is 3. The Kier molecular flexibility index (Phi) is 5.33. The van der Waals surface area contributed by atoms with Crippen LogP contribution in [0.15, 0.2) is 22.7 Å². The van der Waals surface area contributed by atoms with Crippen LogP contribution in [-0.2, 0) is 6.54 Å². The number of halogens is 1. The Labute approximate surface area is 137 Å². The van der Waals surface area contributed by atoms with E-state index in [9.17, 15) is 0 Å². The van der Waals surface area contributed by atoms with E-state index >= 15 is 0 Å². The van der Waals surface area contributed by atoms with Gasteiger partial charge in [0.05, 0.1) is 7.11 Å². The Bertz CT molecular complexity index is 488. The maximum absolute atomic E-state index is 5.36. The molecular formula is C17H27BrN2O. The van der Waals surface area contributed by atoms with Crippen molar-refractivity contribution < 1.29 is 4.74 Å². The molecule has 4 heteroatoms. The van der Waals surface area contributed by atoms with Gasteiger partial charge >= 0.3 is 0 Å². The Balaban J connectivity index is 2.21. The Morgan fingerprint density at radius 1 is 1.43 bits per heavy atom. The maximum Gasteiger partial charge on any atom is 0.119 e. The second kappa shape index (κ2) is 6.67. The van der Waals surface area contributed by atoms with Crippen molar-refractivity contribution in [3.63, 3.8) is 0 Å². The summed E-state index contributed by atoms with van der Waals surface area (Å²) in [5, 5.41) is 3.66. The number of methoxy groups -OCH3 is 1. The van der Waals surface area contributed by atoms with Gasteiger partial charge in [0, 0.05) is 35.7 Å². The number of benzene rings is 1. The summed E-state index contributed by atoms with van der Waals surface area (Å²) in [6.45, 7) is 12.2. The predicted octanol–water partition coefficient (Wildman–Crippen LogP) is 3.67. The van der Waals surface area contributed by atoms with Gasteiger partial charge in [-0.15, -0.1) is 0 Å². The van der Waals surface area contributed by atoms with E-state index in [4.69, 9.17) is 4.74 Å². The van der Waals surface area contributed by atoms with Crippen LogP contribution in [0.3, 0.4) is 0 Å². The first kappa shape index (κ1) is 16.8. The topological polar surface area (TPSA) is 24.5 Å². The molecule has 0 saturated carbocycles. The normalized spacial score (nSPS) is 22.5. The number of piperazine rings is 1. The minimum Gasteiger partial charge on any atom is -0.497 e. The van der Waals surface area contributed by atoms with Crippen LogP contribution in [0, 0.1) is 5.92 Å². The van der Waals surface area contributed by atoms with Crippen LogP contribution in [0.4, 0.5) is 0 Å². The molecule has 0 aliphatic carbocycles. The number of rotatable bonds is 4. The third kappa shape index (κ3) is 4.21. The molecule has 1 aliphatic heterocycles. The largest absolute Gasteiger partial charge is 0.497 e. The van der Waals surface area contributed by atoms with Crippen molar-refractivity contribution in [2.45, 2.75) is 45.8 Å². The molecule has 1 aromatic rings. The molecule has 1 saturated heterocycles. The van der Waals surface area contributed by atoms with Crippen LogP contribution < -0.4 is 10.1 Å². The van der Waals surface area contributed by atoms with Crippen molar-refractivity contribution in [1.29, 1.82) is 0 Å². The summed E-state index contributed by atoms with van der Waals surface area (Å²) in [6.07, 6.45) is 0. The highest BCUT2D eigenvalue weighted by atomic mass is 79.9. The van der Waals surface area contributed by atoms with Crippen LogP contribution in [0.1, 0.15) is 33.3 Å². The molecule has 1 N–H and O–H groups in total. The second-order valence-corrected chi connectivity index (χ2v) is 7.79. The van der Waals surface area contributed by atoms with E-state index in [2.05, 4.69) is 66.0 Å². The summed E-state index contributed by atoms with van der Waals surface area (Å²) >= 11 is 3.67. The first-order valence-corrected chi connectivity index (χ1v) is 8.43. The lowest BCUT2D eigenvalue weighted by atomic mass is 9.92. The number of hydrogen-bond donors (Lipinski definition) is 1.